The van der Waals surface area contributed by atoms with E-state index in [1.54, 1.807) is 11.0 Å². The van der Waals surface area contributed by atoms with Crippen molar-refractivity contribution in [3.8, 4) is 0 Å². The second-order valence-electron chi connectivity index (χ2n) is 3.40. The van der Waals surface area contributed by atoms with Crippen LogP contribution in [0.25, 0.3) is 0 Å². The fourth-order valence-electron chi connectivity index (χ4n) is 1.55. The van der Waals surface area contributed by atoms with E-state index in [0.29, 0.717) is 25.9 Å². The van der Waals surface area contributed by atoms with Crippen LogP contribution < -0.4 is 0 Å². The zero-order valence-corrected chi connectivity index (χ0v) is 7.72. The zero-order valence-electron chi connectivity index (χ0n) is 7.72. The molecule has 1 aliphatic heterocycles. The van der Waals surface area contributed by atoms with Gasteiger partial charge < -0.3 is 14.5 Å². The summed E-state index contributed by atoms with van der Waals surface area (Å²) in [5.41, 5.74) is 0. The standard InChI is InChI=1S/C9H12N2O3/c12-7-2-5-11(6-3-7)9(13)8-1-4-10-14-8/h1,4,7,12H,2-3,5-6H2. The number of piperidine rings is 1. The summed E-state index contributed by atoms with van der Waals surface area (Å²) in [6.07, 6.45) is 2.46. The predicted molar refractivity (Wildman–Crippen MR) is 47.6 cm³/mol. The van der Waals surface area contributed by atoms with Crippen LogP contribution in [-0.4, -0.2) is 40.3 Å². The lowest BCUT2D eigenvalue weighted by Crippen LogP contribution is -2.39. The number of carbonyl (C=O) groups is 1. The minimum Gasteiger partial charge on any atom is -0.393 e. The Morgan fingerprint density at radius 3 is 2.86 bits per heavy atom. The van der Waals surface area contributed by atoms with Crippen LogP contribution in [0.2, 0.25) is 0 Å². The molecule has 0 bridgehead atoms. The fourth-order valence-corrected chi connectivity index (χ4v) is 1.55. The average molecular weight is 196 g/mol. The molecule has 76 valence electrons. The van der Waals surface area contributed by atoms with Crippen molar-refractivity contribution in [2.75, 3.05) is 13.1 Å². The van der Waals surface area contributed by atoms with E-state index >= 15 is 0 Å². The summed E-state index contributed by atoms with van der Waals surface area (Å²) in [6, 6.07) is 1.55. The van der Waals surface area contributed by atoms with Crippen molar-refractivity contribution >= 4 is 5.91 Å². The summed E-state index contributed by atoms with van der Waals surface area (Å²) in [5, 5.41) is 12.7. The van der Waals surface area contributed by atoms with Gasteiger partial charge in [0.15, 0.2) is 0 Å². The number of carbonyl (C=O) groups excluding carboxylic acids is 1. The molecular formula is C9H12N2O3. The molecular weight excluding hydrogens is 184 g/mol. The van der Waals surface area contributed by atoms with E-state index in [4.69, 9.17) is 4.52 Å². The Morgan fingerprint density at radius 1 is 1.57 bits per heavy atom. The molecule has 1 amide bonds. The van der Waals surface area contributed by atoms with Gasteiger partial charge in [0.05, 0.1) is 12.3 Å². The largest absolute Gasteiger partial charge is 0.393 e. The van der Waals surface area contributed by atoms with Crippen LogP contribution in [0.15, 0.2) is 16.8 Å². The number of aliphatic hydroxyl groups excluding tert-OH is 1. The zero-order chi connectivity index (χ0) is 9.97. The third-order valence-electron chi connectivity index (χ3n) is 2.40. The first-order chi connectivity index (χ1) is 6.77. The molecule has 0 saturated carbocycles. The summed E-state index contributed by atoms with van der Waals surface area (Å²) in [6.45, 7) is 1.17. The van der Waals surface area contributed by atoms with Crippen molar-refractivity contribution in [2.24, 2.45) is 0 Å². The van der Waals surface area contributed by atoms with Gasteiger partial charge in [-0.15, -0.1) is 0 Å². The van der Waals surface area contributed by atoms with Gasteiger partial charge in [0.1, 0.15) is 0 Å². The molecule has 5 nitrogen and oxygen atoms in total. The Kier molecular flexibility index (Phi) is 2.49. The number of likely N-dealkylation sites (tertiary alicyclic amines) is 1. The quantitative estimate of drug-likeness (QED) is 0.700. The number of aromatic nitrogens is 1. The van der Waals surface area contributed by atoms with E-state index in [2.05, 4.69) is 5.16 Å². The van der Waals surface area contributed by atoms with E-state index in [0.717, 1.165) is 0 Å². The molecule has 1 aromatic rings. The van der Waals surface area contributed by atoms with Gasteiger partial charge in [-0.2, -0.15) is 0 Å². The van der Waals surface area contributed by atoms with Gasteiger partial charge in [-0.3, -0.25) is 4.79 Å². The van der Waals surface area contributed by atoms with E-state index in [1.165, 1.54) is 6.20 Å². The average Bonchev–Trinajstić information content (AvgIpc) is 2.71. The van der Waals surface area contributed by atoms with E-state index < -0.39 is 0 Å². The normalized spacial score (nSPS) is 18.5. The van der Waals surface area contributed by atoms with Crippen molar-refractivity contribution in [2.45, 2.75) is 18.9 Å². The minimum atomic E-state index is -0.270. The number of aliphatic hydroxyl groups is 1. The molecule has 0 aliphatic carbocycles. The highest BCUT2D eigenvalue weighted by Gasteiger charge is 2.23. The molecule has 1 saturated heterocycles. The maximum atomic E-state index is 11.7. The van der Waals surface area contributed by atoms with Gasteiger partial charge in [-0.25, -0.2) is 0 Å². The lowest BCUT2D eigenvalue weighted by atomic mass is 10.1. The Balaban J connectivity index is 1.99. The second-order valence-corrected chi connectivity index (χ2v) is 3.40. The number of hydrogen-bond acceptors (Lipinski definition) is 4. The van der Waals surface area contributed by atoms with Gasteiger partial charge in [0.2, 0.25) is 5.76 Å². The molecule has 2 heterocycles. The Morgan fingerprint density at radius 2 is 2.29 bits per heavy atom. The molecule has 14 heavy (non-hydrogen) atoms. The van der Waals surface area contributed by atoms with Crippen LogP contribution >= 0.6 is 0 Å². The molecule has 0 radical (unpaired) electrons. The summed E-state index contributed by atoms with van der Waals surface area (Å²) in [7, 11) is 0. The summed E-state index contributed by atoms with van der Waals surface area (Å²) >= 11 is 0. The van der Waals surface area contributed by atoms with Crippen LogP contribution in [-0.2, 0) is 0 Å². The molecule has 0 aromatic carbocycles. The van der Waals surface area contributed by atoms with Crippen LogP contribution in [0, 0.1) is 0 Å². The molecule has 0 spiro atoms. The predicted octanol–water partition coefficient (Wildman–Crippen LogP) is 0.272. The van der Waals surface area contributed by atoms with Crippen molar-refractivity contribution in [3.63, 3.8) is 0 Å². The van der Waals surface area contributed by atoms with Gasteiger partial charge in [0.25, 0.3) is 5.91 Å². The van der Waals surface area contributed by atoms with Crippen LogP contribution in [0.4, 0.5) is 0 Å². The van der Waals surface area contributed by atoms with E-state index in [1.807, 2.05) is 0 Å². The van der Waals surface area contributed by atoms with Gasteiger partial charge in [0, 0.05) is 19.2 Å². The molecule has 2 rings (SSSR count). The number of hydrogen-bond donors (Lipinski definition) is 1. The molecule has 1 fully saturated rings. The Labute approximate surface area is 81.3 Å². The van der Waals surface area contributed by atoms with Crippen LogP contribution in [0.3, 0.4) is 0 Å². The SMILES string of the molecule is O=C(c1ccno1)N1CCC(O)CC1. The van der Waals surface area contributed by atoms with Gasteiger partial charge >= 0.3 is 0 Å². The van der Waals surface area contributed by atoms with Crippen molar-refractivity contribution < 1.29 is 14.4 Å². The highest BCUT2D eigenvalue weighted by Crippen LogP contribution is 2.13. The lowest BCUT2D eigenvalue weighted by Gasteiger charge is -2.28. The second kappa shape index (κ2) is 3.79. The third-order valence-corrected chi connectivity index (χ3v) is 2.40. The molecule has 0 unspecified atom stereocenters. The smallest absolute Gasteiger partial charge is 0.292 e. The van der Waals surface area contributed by atoms with E-state index in [-0.39, 0.29) is 17.8 Å². The number of amides is 1. The maximum Gasteiger partial charge on any atom is 0.292 e. The lowest BCUT2D eigenvalue weighted by molar-refractivity contribution is 0.0512. The van der Waals surface area contributed by atoms with Gasteiger partial charge in [-0.1, -0.05) is 5.16 Å². The highest BCUT2D eigenvalue weighted by molar-refractivity contribution is 5.91. The molecule has 1 aliphatic rings. The Bertz CT molecular complexity index is 302. The first-order valence-corrected chi connectivity index (χ1v) is 4.65. The third kappa shape index (κ3) is 1.77. The number of nitrogens with zero attached hydrogens (tertiary/aromatic N) is 2. The first-order valence-electron chi connectivity index (χ1n) is 4.65. The van der Waals surface area contributed by atoms with Gasteiger partial charge in [-0.05, 0) is 12.8 Å². The van der Waals surface area contributed by atoms with Crippen molar-refractivity contribution in [1.29, 1.82) is 0 Å². The van der Waals surface area contributed by atoms with Crippen LogP contribution in [0.5, 0.6) is 0 Å². The topological polar surface area (TPSA) is 66.6 Å². The maximum absolute atomic E-state index is 11.7. The molecule has 5 heteroatoms. The van der Waals surface area contributed by atoms with E-state index in [9.17, 15) is 9.90 Å². The molecule has 1 N–H and O–H groups in total. The molecule has 1 aromatic heterocycles. The summed E-state index contributed by atoms with van der Waals surface area (Å²) in [5.74, 6) is 0.121. The summed E-state index contributed by atoms with van der Waals surface area (Å²) < 4.78 is 4.77. The van der Waals surface area contributed by atoms with Crippen molar-refractivity contribution in [3.05, 3.63) is 18.0 Å². The highest BCUT2D eigenvalue weighted by atomic mass is 16.5. The Hall–Kier alpha value is -1.36. The molecule has 0 atom stereocenters. The van der Waals surface area contributed by atoms with Crippen molar-refractivity contribution in [1.82, 2.24) is 10.1 Å². The van der Waals surface area contributed by atoms with Crippen LogP contribution in [0.1, 0.15) is 23.4 Å². The number of rotatable bonds is 1. The minimum absolute atomic E-state index is 0.144. The first kappa shape index (κ1) is 9.21. The monoisotopic (exact) mass is 196 g/mol. The fraction of sp³-hybridized carbons (Fsp3) is 0.556. The summed E-state index contributed by atoms with van der Waals surface area (Å²) in [4.78, 5) is 13.4.